The van der Waals surface area contributed by atoms with Gasteiger partial charge in [0.25, 0.3) is 0 Å². The zero-order chi connectivity index (χ0) is 33.6. The molecule has 0 saturated carbocycles. The van der Waals surface area contributed by atoms with E-state index in [0.29, 0.717) is 6.54 Å². The summed E-state index contributed by atoms with van der Waals surface area (Å²) in [6.45, 7) is 8.71. The lowest BCUT2D eigenvalue weighted by molar-refractivity contribution is 0.775. The van der Waals surface area contributed by atoms with Crippen LogP contribution in [0, 0.1) is 0 Å². The average molecular weight is 633 g/mol. The molecule has 0 saturated heterocycles. The highest BCUT2D eigenvalue weighted by Crippen LogP contribution is 2.57. The van der Waals surface area contributed by atoms with E-state index in [9.17, 15) is 0 Å². The number of rotatable bonds is 10. The molecule has 0 fully saturated rings. The zero-order valence-electron chi connectivity index (χ0n) is 28.2. The van der Waals surface area contributed by atoms with Gasteiger partial charge >= 0.3 is 0 Å². The van der Waals surface area contributed by atoms with E-state index in [1.54, 1.807) is 0 Å². The second-order valence-corrected chi connectivity index (χ2v) is 12.4. The van der Waals surface area contributed by atoms with Gasteiger partial charge in [-0.3, -0.25) is 9.98 Å². The topological polar surface area (TPSA) is 24.7 Å². The number of aliphatic imine (C=N–C) groups is 2. The molecule has 0 radical (unpaired) electrons. The monoisotopic (exact) mass is 632 g/mol. The standard InChI is InChI=1S/C47H40N2/c1-4-6-17-34(5-2)33-49-45(32-44(48-3)36-19-9-7-10-20-36)37-26-29-39(30-27-37)47(38-21-11-8-12-22-38)43-25-16-15-24-41(43)42-31-28-35-18-13-14-23-40(35)46(42)47/h5-32H,3-4,33H2,1-2H3/b17-6-,34-5+,44-32-,49-45?. The summed E-state index contributed by atoms with van der Waals surface area (Å²) in [5.41, 5.74) is 12.1. The van der Waals surface area contributed by atoms with Crippen molar-refractivity contribution in [3.05, 3.63) is 209 Å². The molecule has 0 aromatic heterocycles. The predicted molar refractivity (Wildman–Crippen MR) is 210 cm³/mol. The minimum absolute atomic E-state index is 0.499. The van der Waals surface area contributed by atoms with Gasteiger partial charge < -0.3 is 0 Å². The van der Waals surface area contributed by atoms with Crippen LogP contribution in [-0.4, -0.2) is 19.0 Å². The molecule has 1 atom stereocenters. The molecule has 2 nitrogen and oxygen atoms in total. The van der Waals surface area contributed by atoms with E-state index in [1.165, 1.54) is 49.7 Å². The molecule has 0 amide bonds. The lowest BCUT2D eigenvalue weighted by atomic mass is 9.66. The highest BCUT2D eigenvalue weighted by molar-refractivity contribution is 6.12. The van der Waals surface area contributed by atoms with Gasteiger partial charge in [-0.05, 0) is 81.4 Å². The number of benzene rings is 6. The van der Waals surface area contributed by atoms with E-state index in [2.05, 4.69) is 177 Å². The van der Waals surface area contributed by atoms with Crippen LogP contribution in [0.5, 0.6) is 0 Å². The van der Waals surface area contributed by atoms with Crippen LogP contribution in [0.25, 0.3) is 27.6 Å². The van der Waals surface area contributed by atoms with Gasteiger partial charge in [-0.2, -0.15) is 0 Å². The summed E-state index contributed by atoms with van der Waals surface area (Å²) >= 11 is 0. The first kappa shape index (κ1) is 31.7. The maximum atomic E-state index is 5.18. The van der Waals surface area contributed by atoms with Crippen molar-refractivity contribution in [2.24, 2.45) is 9.98 Å². The number of allylic oxidation sites excluding steroid dienone is 3. The molecule has 0 aliphatic heterocycles. The average Bonchev–Trinajstić information content (AvgIpc) is 3.48. The summed E-state index contributed by atoms with van der Waals surface area (Å²) in [4.78, 5) is 9.61. The molecule has 6 aromatic carbocycles. The van der Waals surface area contributed by atoms with Crippen LogP contribution in [0.3, 0.4) is 0 Å². The van der Waals surface area contributed by atoms with Crippen LogP contribution in [0.2, 0.25) is 0 Å². The number of fused-ring (bicyclic) bond motifs is 5. The Kier molecular flexibility index (Phi) is 9.12. The summed E-state index contributed by atoms with van der Waals surface area (Å²) in [5, 5.41) is 2.52. The smallest absolute Gasteiger partial charge is 0.0719 e. The van der Waals surface area contributed by atoms with Gasteiger partial charge in [0.05, 0.1) is 23.4 Å². The minimum atomic E-state index is -0.499. The largest absolute Gasteiger partial charge is 0.280 e. The number of hydrogen-bond donors (Lipinski definition) is 0. The third-order valence-electron chi connectivity index (χ3n) is 9.63. The molecule has 238 valence electrons. The fraction of sp³-hybridized carbons (Fsp3) is 0.106. The van der Waals surface area contributed by atoms with Crippen molar-refractivity contribution < 1.29 is 0 Å². The molecule has 6 aromatic rings. The molecule has 0 heterocycles. The first-order valence-electron chi connectivity index (χ1n) is 17.1. The molecule has 0 bridgehead atoms. The van der Waals surface area contributed by atoms with Gasteiger partial charge in [0, 0.05) is 5.56 Å². The Morgan fingerprint density at radius 1 is 0.673 bits per heavy atom. The summed E-state index contributed by atoms with van der Waals surface area (Å²) in [7, 11) is 0. The van der Waals surface area contributed by atoms with E-state index in [-0.39, 0.29) is 0 Å². The Morgan fingerprint density at radius 3 is 2.08 bits per heavy atom. The van der Waals surface area contributed by atoms with Gasteiger partial charge in [0.1, 0.15) is 0 Å². The van der Waals surface area contributed by atoms with E-state index in [4.69, 9.17) is 4.99 Å². The molecule has 1 aliphatic rings. The minimum Gasteiger partial charge on any atom is -0.280 e. The Balaban J connectivity index is 1.44. The normalized spacial score (nSPS) is 16.2. The van der Waals surface area contributed by atoms with Crippen LogP contribution in [0.1, 0.15) is 53.6 Å². The molecule has 0 spiro atoms. The summed E-state index contributed by atoms with van der Waals surface area (Å²) in [6, 6.07) is 52.5. The molecule has 7 rings (SSSR count). The van der Waals surface area contributed by atoms with Gasteiger partial charge in [0.15, 0.2) is 0 Å². The van der Waals surface area contributed by atoms with Gasteiger partial charge in [-0.1, -0.05) is 171 Å². The predicted octanol–water partition coefficient (Wildman–Crippen LogP) is 11.6. The fourth-order valence-electron chi connectivity index (χ4n) is 7.29. The Hall–Kier alpha value is -5.86. The van der Waals surface area contributed by atoms with E-state index >= 15 is 0 Å². The molecular weight excluding hydrogens is 593 g/mol. The summed E-state index contributed by atoms with van der Waals surface area (Å²) < 4.78 is 0. The summed E-state index contributed by atoms with van der Waals surface area (Å²) in [5.74, 6) is 0. The molecule has 2 heteroatoms. The summed E-state index contributed by atoms with van der Waals surface area (Å²) in [6.07, 6.45) is 9.53. The van der Waals surface area contributed by atoms with Crippen molar-refractivity contribution in [3.8, 4) is 11.1 Å². The number of hydrogen-bond acceptors (Lipinski definition) is 2. The first-order valence-corrected chi connectivity index (χ1v) is 17.1. The highest BCUT2D eigenvalue weighted by Gasteiger charge is 2.46. The van der Waals surface area contributed by atoms with Gasteiger partial charge in [-0.25, -0.2) is 0 Å². The Morgan fingerprint density at radius 2 is 1.35 bits per heavy atom. The SMILES string of the molecule is C=N/C(=C\C(=NCC(/C=C\CC)=C/C)c1ccc(C2(c3ccccc3)c3ccccc3-c3ccc4ccccc4c32)cc1)c1ccccc1. The van der Waals surface area contributed by atoms with Crippen molar-refractivity contribution >= 4 is 28.9 Å². The van der Waals surface area contributed by atoms with E-state index in [1.807, 2.05) is 18.2 Å². The molecule has 1 aliphatic carbocycles. The molecule has 0 N–H and O–H groups in total. The Labute approximate surface area is 290 Å². The van der Waals surface area contributed by atoms with Gasteiger partial charge in [0.2, 0.25) is 0 Å². The third-order valence-corrected chi connectivity index (χ3v) is 9.63. The van der Waals surface area contributed by atoms with Crippen molar-refractivity contribution in [2.45, 2.75) is 25.7 Å². The number of nitrogens with zero attached hydrogens (tertiary/aromatic N) is 2. The van der Waals surface area contributed by atoms with Crippen LogP contribution >= 0.6 is 0 Å². The lowest BCUT2D eigenvalue weighted by Gasteiger charge is -2.34. The zero-order valence-corrected chi connectivity index (χ0v) is 28.2. The van der Waals surface area contributed by atoms with Gasteiger partial charge in [-0.15, -0.1) is 0 Å². The molecule has 1 unspecified atom stereocenters. The second kappa shape index (κ2) is 14.1. The highest BCUT2D eigenvalue weighted by atomic mass is 14.8. The Bertz CT molecular complexity index is 2240. The van der Waals surface area contributed by atoms with E-state index in [0.717, 1.165) is 29.0 Å². The first-order chi connectivity index (χ1) is 24.2. The third kappa shape index (κ3) is 5.81. The van der Waals surface area contributed by atoms with Crippen molar-refractivity contribution in [1.29, 1.82) is 0 Å². The van der Waals surface area contributed by atoms with Crippen LogP contribution < -0.4 is 0 Å². The quantitative estimate of drug-likeness (QED) is 0.106. The van der Waals surface area contributed by atoms with Crippen molar-refractivity contribution in [3.63, 3.8) is 0 Å². The van der Waals surface area contributed by atoms with Crippen LogP contribution in [-0.2, 0) is 5.41 Å². The maximum absolute atomic E-state index is 5.18. The lowest BCUT2D eigenvalue weighted by Crippen LogP contribution is -2.29. The fourth-order valence-corrected chi connectivity index (χ4v) is 7.29. The van der Waals surface area contributed by atoms with E-state index < -0.39 is 5.41 Å². The molecule has 49 heavy (non-hydrogen) atoms. The maximum Gasteiger partial charge on any atom is 0.0719 e. The van der Waals surface area contributed by atoms with Crippen LogP contribution in [0.15, 0.2) is 185 Å². The second-order valence-electron chi connectivity index (χ2n) is 12.4. The van der Waals surface area contributed by atoms with Crippen LogP contribution in [0.4, 0.5) is 0 Å². The van der Waals surface area contributed by atoms with Crippen molar-refractivity contribution in [2.75, 3.05) is 6.54 Å². The van der Waals surface area contributed by atoms with Crippen molar-refractivity contribution in [1.82, 2.24) is 0 Å². The molecular formula is C47H40N2.